The summed E-state index contributed by atoms with van der Waals surface area (Å²) in [4.78, 5) is 0. The van der Waals surface area contributed by atoms with Gasteiger partial charge < -0.3 is 0 Å². The van der Waals surface area contributed by atoms with Gasteiger partial charge in [-0.25, -0.2) is 0 Å². The van der Waals surface area contributed by atoms with E-state index in [1.165, 1.54) is 66.1 Å². The fourth-order valence-corrected chi connectivity index (χ4v) is 6.30. The van der Waals surface area contributed by atoms with Crippen LogP contribution in [0.5, 0.6) is 0 Å². The molecular formula is C44H52SiZr. The van der Waals surface area contributed by atoms with Crippen molar-refractivity contribution in [1.29, 1.82) is 0 Å². The minimum absolute atomic E-state index is 0. The van der Waals surface area contributed by atoms with Crippen LogP contribution in [0.25, 0.3) is 43.8 Å². The Morgan fingerprint density at radius 2 is 0.891 bits per heavy atom. The van der Waals surface area contributed by atoms with E-state index in [-0.39, 0.29) is 26.2 Å². The van der Waals surface area contributed by atoms with E-state index < -0.39 is 0 Å². The maximum absolute atomic E-state index is 2.38. The molecule has 0 nitrogen and oxygen atoms in total. The van der Waals surface area contributed by atoms with Crippen LogP contribution in [0.4, 0.5) is 0 Å². The maximum atomic E-state index is 2.38. The Kier molecular flexibility index (Phi) is 15.2. The normalized spacial score (nSPS) is 10.8. The molecule has 236 valence electrons. The van der Waals surface area contributed by atoms with E-state index >= 15 is 0 Å². The van der Waals surface area contributed by atoms with Crippen LogP contribution in [0.1, 0.15) is 63.8 Å². The monoisotopic (exact) mass is 698 g/mol. The first-order valence-corrected chi connectivity index (χ1v) is 18.9. The maximum Gasteiger partial charge on any atom is 2.00 e. The molecule has 0 bridgehead atoms. The van der Waals surface area contributed by atoms with E-state index in [0.717, 1.165) is 35.2 Å². The van der Waals surface area contributed by atoms with Crippen LogP contribution >= 0.6 is 0 Å². The van der Waals surface area contributed by atoms with Crippen molar-refractivity contribution in [3.8, 4) is 22.3 Å². The van der Waals surface area contributed by atoms with Gasteiger partial charge in [-0.1, -0.05) is 138 Å². The Morgan fingerprint density at radius 3 is 1.20 bits per heavy atom. The molecule has 0 N–H and O–H groups in total. The van der Waals surface area contributed by atoms with Gasteiger partial charge in [0.15, 0.2) is 0 Å². The average Bonchev–Trinajstić information content (AvgIpc) is 3.66. The number of hydrogen-bond donors (Lipinski definition) is 0. The number of aryl methyl sites for hydroxylation is 2. The molecule has 0 saturated carbocycles. The summed E-state index contributed by atoms with van der Waals surface area (Å²) in [5, 5.41) is 5.57. The number of fused-ring (bicyclic) bond motifs is 2. The summed E-state index contributed by atoms with van der Waals surface area (Å²) >= 11 is 0. The molecule has 6 aromatic rings. The van der Waals surface area contributed by atoms with Gasteiger partial charge in [0.25, 0.3) is 0 Å². The predicted octanol–water partition coefficient (Wildman–Crippen LogP) is 12.8. The van der Waals surface area contributed by atoms with Gasteiger partial charge in [-0.05, 0) is 48.6 Å². The fraction of sp³-hybridized carbons (Fsp3) is 0.318. The zero-order chi connectivity index (χ0) is 32.3. The van der Waals surface area contributed by atoms with Gasteiger partial charge in [0.1, 0.15) is 0 Å². The molecule has 2 radical (unpaired) electrons. The van der Waals surface area contributed by atoms with Crippen LogP contribution in [0.2, 0.25) is 13.1 Å². The third-order valence-corrected chi connectivity index (χ3v) is 8.27. The van der Waals surface area contributed by atoms with Crippen molar-refractivity contribution in [2.45, 2.75) is 80.3 Å². The first-order chi connectivity index (χ1) is 21.8. The van der Waals surface area contributed by atoms with Crippen LogP contribution in [-0.4, -0.2) is 9.52 Å². The van der Waals surface area contributed by atoms with Gasteiger partial charge in [-0.2, -0.15) is 12.1 Å². The number of benzene rings is 4. The van der Waals surface area contributed by atoms with Gasteiger partial charge >= 0.3 is 26.2 Å². The van der Waals surface area contributed by atoms with Crippen LogP contribution in [0, 0.1) is 11.8 Å². The zero-order valence-electron chi connectivity index (χ0n) is 29.4. The van der Waals surface area contributed by atoms with Crippen molar-refractivity contribution in [1.82, 2.24) is 0 Å². The summed E-state index contributed by atoms with van der Waals surface area (Å²) in [6, 6.07) is 40.3. The molecule has 0 saturated heterocycles. The van der Waals surface area contributed by atoms with E-state index in [0.29, 0.717) is 11.8 Å². The molecule has 0 unspecified atom stereocenters. The minimum atomic E-state index is 0. The molecule has 0 aromatic heterocycles. The van der Waals surface area contributed by atoms with Crippen molar-refractivity contribution >= 4 is 31.1 Å². The Bertz CT molecular complexity index is 1620. The van der Waals surface area contributed by atoms with E-state index in [9.17, 15) is 0 Å². The topological polar surface area (TPSA) is 0 Å². The van der Waals surface area contributed by atoms with Crippen LogP contribution in [0.15, 0.2) is 109 Å². The largest absolute Gasteiger partial charge is 2.00 e. The summed E-state index contributed by atoms with van der Waals surface area (Å²) in [5.41, 5.74) is 11.4. The van der Waals surface area contributed by atoms with E-state index in [2.05, 4.69) is 164 Å². The van der Waals surface area contributed by atoms with Crippen molar-refractivity contribution in [3.63, 3.8) is 0 Å². The zero-order valence-corrected chi connectivity index (χ0v) is 32.8. The molecular weight excluding hydrogens is 648 g/mol. The van der Waals surface area contributed by atoms with Crippen molar-refractivity contribution in [2.75, 3.05) is 0 Å². The number of rotatable bonds is 8. The summed E-state index contributed by atoms with van der Waals surface area (Å²) < 4.78 is 0. The van der Waals surface area contributed by atoms with Crippen LogP contribution < -0.4 is 0 Å². The van der Waals surface area contributed by atoms with Crippen LogP contribution in [0.3, 0.4) is 0 Å². The van der Waals surface area contributed by atoms with E-state index in [1.54, 1.807) is 0 Å². The van der Waals surface area contributed by atoms with Gasteiger partial charge in [0.05, 0.1) is 0 Å². The van der Waals surface area contributed by atoms with E-state index in [4.69, 9.17) is 0 Å². The van der Waals surface area contributed by atoms with Crippen molar-refractivity contribution in [3.05, 3.63) is 131 Å². The first-order valence-electron chi connectivity index (χ1n) is 16.9. The SMILES string of the molecule is CCc1cc2c(-c3ccccc3)c(CC(C)C)ccc2[cH-]1.CCc1cc2c(-c3ccccc3)c(CC(C)C)ccc2[cH-]1.C[Si]C.[Zr+2]. The Balaban J connectivity index is 0.000000226. The summed E-state index contributed by atoms with van der Waals surface area (Å²) in [6.07, 6.45) is 4.46. The first kappa shape index (κ1) is 37.7. The average molecular weight is 700 g/mol. The van der Waals surface area contributed by atoms with Gasteiger partial charge in [-0.3, -0.25) is 0 Å². The molecule has 46 heavy (non-hydrogen) atoms. The fourth-order valence-electron chi connectivity index (χ4n) is 6.30. The quantitative estimate of drug-likeness (QED) is 0.110. The molecule has 6 rings (SSSR count). The standard InChI is InChI=1S/2C21H23.C2H6Si.Zr/c2*1-4-16-13-18-10-11-19(12-15(2)3)21(20(18)14-16)17-8-6-5-7-9-17;1-3-2;/h2*5-11,13-15H,4,12H2,1-3H3;1-2H3;/q2*-1;;+2. The molecule has 0 fully saturated rings. The minimum Gasteiger partial charge on any atom is -0.164 e. The molecule has 0 spiro atoms. The molecule has 0 amide bonds. The third kappa shape index (κ3) is 9.62. The Labute approximate surface area is 301 Å². The molecule has 0 aliphatic heterocycles. The molecule has 0 heterocycles. The summed E-state index contributed by atoms with van der Waals surface area (Å²) in [7, 11) is 1.08. The van der Waals surface area contributed by atoms with Crippen molar-refractivity contribution < 1.29 is 26.2 Å². The molecule has 0 aliphatic carbocycles. The smallest absolute Gasteiger partial charge is 0.164 e. The third-order valence-electron chi connectivity index (χ3n) is 8.27. The van der Waals surface area contributed by atoms with Gasteiger partial charge in [-0.15, -0.1) is 69.1 Å². The van der Waals surface area contributed by atoms with Gasteiger partial charge in [0.2, 0.25) is 0 Å². The summed E-state index contributed by atoms with van der Waals surface area (Å²) in [6.45, 7) is 17.9. The molecule has 0 aliphatic rings. The number of hydrogen-bond acceptors (Lipinski definition) is 0. The molecule has 6 aromatic carbocycles. The van der Waals surface area contributed by atoms with Crippen molar-refractivity contribution in [2.24, 2.45) is 11.8 Å². The Morgan fingerprint density at radius 1 is 0.543 bits per heavy atom. The second-order valence-electron chi connectivity index (χ2n) is 13.1. The van der Waals surface area contributed by atoms with Gasteiger partial charge in [0, 0.05) is 9.52 Å². The second-order valence-corrected chi connectivity index (χ2v) is 14.1. The summed E-state index contributed by atoms with van der Waals surface area (Å²) in [5.74, 6) is 1.34. The molecule has 2 heteroatoms. The van der Waals surface area contributed by atoms with E-state index in [1.807, 2.05) is 0 Å². The molecule has 0 atom stereocenters. The van der Waals surface area contributed by atoms with Crippen LogP contribution in [-0.2, 0) is 51.9 Å². The Hall–Kier alpha value is -2.80. The predicted molar refractivity (Wildman–Crippen MR) is 203 cm³/mol. The second kappa shape index (κ2) is 18.5.